The fourth-order valence-corrected chi connectivity index (χ4v) is 5.36. The minimum Gasteiger partial charge on any atom is -0.298 e. The third-order valence-electron chi connectivity index (χ3n) is 5.68. The van der Waals surface area contributed by atoms with Crippen molar-refractivity contribution in [2.24, 2.45) is 23.7 Å². The Kier molecular flexibility index (Phi) is 4.82. The van der Waals surface area contributed by atoms with E-state index in [0.717, 1.165) is 30.0 Å². The number of hydrogen-bond acceptors (Lipinski definition) is 4. The van der Waals surface area contributed by atoms with Gasteiger partial charge >= 0.3 is 0 Å². The summed E-state index contributed by atoms with van der Waals surface area (Å²) in [5.74, 6) is 1.40. The molecule has 3 rings (SSSR count). The zero-order valence-electron chi connectivity index (χ0n) is 12.5. The van der Waals surface area contributed by atoms with Crippen molar-refractivity contribution in [3.05, 3.63) is 0 Å². The van der Waals surface area contributed by atoms with Gasteiger partial charge in [-0.15, -0.1) is 0 Å². The zero-order valence-corrected chi connectivity index (χ0v) is 13.3. The highest BCUT2D eigenvalue weighted by atomic mass is 32.2. The molecule has 0 bridgehead atoms. The Bertz CT molecular complexity index is 429. The molecule has 0 spiro atoms. The van der Waals surface area contributed by atoms with Crippen LogP contribution >= 0.6 is 11.8 Å². The zero-order chi connectivity index (χ0) is 14.8. The van der Waals surface area contributed by atoms with Crippen molar-refractivity contribution in [2.75, 3.05) is 5.75 Å². The van der Waals surface area contributed by atoms with Gasteiger partial charge in [-0.25, -0.2) is 0 Å². The first-order valence-corrected chi connectivity index (χ1v) is 9.35. The molecule has 0 aromatic carbocycles. The Morgan fingerprint density at radius 2 is 1.81 bits per heavy atom. The van der Waals surface area contributed by atoms with Crippen LogP contribution in [0.2, 0.25) is 0 Å². The number of Topliss-reactive ketones (excluding diaryl/α,β-unsaturated/α-hetero) is 2. The quantitative estimate of drug-likeness (QED) is 0.747. The fourth-order valence-electron chi connectivity index (χ4n) is 4.47. The van der Waals surface area contributed by atoms with Crippen LogP contribution in [0.3, 0.4) is 0 Å². The summed E-state index contributed by atoms with van der Waals surface area (Å²) in [4.78, 5) is 35.3. The summed E-state index contributed by atoms with van der Waals surface area (Å²) in [6.45, 7) is 0. The van der Waals surface area contributed by atoms with Gasteiger partial charge in [-0.3, -0.25) is 14.4 Å². The first-order chi connectivity index (χ1) is 10.1. The molecular formula is C17H24O3S. The van der Waals surface area contributed by atoms with E-state index in [4.69, 9.17) is 0 Å². The lowest BCUT2D eigenvalue weighted by Gasteiger charge is -2.39. The molecule has 21 heavy (non-hydrogen) atoms. The van der Waals surface area contributed by atoms with Gasteiger partial charge in [-0.2, -0.15) is 0 Å². The smallest absolute Gasteiger partial charge is 0.207 e. The third kappa shape index (κ3) is 3.41. The molecule has 116 valence electrons. The summed E-state index contributed by atoms with van der Waals surface area (Å²) < 4.78 is 0. The van der Waals surface area contributed by atoms with Gasteiger partial charge in [0.2, 0.25) is 5.12 Å². The molecule has 0 aromatic heterocycles. The maximum Gasteiger partial charge on any atom is 0.207 e. The van der Waals surface area contributed by atoms with Gasteiger partial charge in [0.1, 0.15) is 5.92 Å². The van der Waals surface area contributed by atoms with Crippen LogP contribution in [0.4, 0.5) is 0 Å². The van der Waals surface area contributed by atoms with Gasteiger partial charge in [0.15, 0.2) is 11.6 Å². The molecular weight excluding hydrogens is 284 g/mol. The van der Waals surface area contributed by atoms with E-state index in [1.165, 1.54) is 44.9 Å². The lowest BCUT2D eigenvalue weighted by molar-refractivity contribution is -0.135. The van der Waals surface area contributed by atoms with E-state index in [0.29, 0.717) is 12.3 Å². The Hall–Kier alpha value is -0.640. The molecule has 0 aromatic rings. The minimum absolute atomic E-state index is 0.124. The summed E-state index contributed by atoms with van der Waals surface area (Å²) in [5.41, 5.74) is 0. The minimum atomic E-state index is -0.930. The van der Waals surface area contributed by atoms with Crippen molar-refractivity contribution >= 4 is 28.4 Å². The Balaban J connectivity index is 1.48. The van der Waals surface area contributed by atoms with Crippen molar-refractivity contribution in [2.45, 2.75) is 57.8 Å². The Labute approximate surface area is 130 Å². The second-order valence-corrected chi connectivity index (χ2v) is 7.98. The Morgan fingerprint density at radius 3 is 2.52 bits per heavy atom. The van der Waals surface area contributed by atoms with Crippen molar-refractivity contribution < 1.29 is 14.4 Å². The van der Waals surface area contributed by atoms with Crippen molar-refractivity contribution in [1.82, 2.24) is 0 Å². The van der Waals surface area contributed by atoms with Crippen LogP contribution in [0.1, 0.15) is 57.8 Å². The van der Waals surface area contributed by atoms with Crippen LogP contribution in [0, 0.1) is 23.7 Å². The van der Waals surface area contributed by atoms with Crippen LogP contribution < -0.4 is 0 Å². The van der Waals surface area contributed by atoms with Crippen LogP contribution in [-0.2, 0) is 14.4 Å². The monoisotopic (exact) mass is 308 g/mol. The molecule has 3 nitrogen and oxygen atoms in total. The van der Waals surface area contributed by atoms with Gasteiger partial charge < -0.3 is 0 Å². The average molecular weight is 308 g/mol. The third-order valence-corrected chi connectivity index (χ3v) is 6.63. The second kappa shape index (κ2) is 6.64. The second-order valence-electron chi connectivity index (χ2n) is 7.00. The molecule has 4 atom stereocenters. The van der Waals surface area contributed by atoms with E-state index >= 15 is 0 Å². The molecule has 3 aliphatic rings. The Morgan fingerprint density at radius 1 is 1.05 bits per heavy atom. The molecule has 4 heteroatoms. The van der Waals surface area contributed by atoms with E-state index in [-0.39, 0.29) is 22.4 Å². The fraction of sp³-hybridized carbons (Fsp3) is 0.824. The SMILES string of the molecule is O=C(CC[C@@H]1CC[C@H]2CCCC[C@@H]2C1)C1C(=O)CSC1=O. The predicted octanol–water partition coefficient (Wildman–Crippen LogP) is 3.40. The maximum absolute atomic E-state index is 12.1. The normalized spacial score (nSPS) is 36.6. The molecule has 0 N–H and O–H groups in total. The van der Waals surface area contributed by atoms with Crippen LogP contribution in [0.25, 0.3) is 0 Å². The molecule has 0 radical (unpaired) electrons. The molecule has 2 saturated carbocycles. The molecule has 0 amide bonds. The molecule has 1 saturated heterocycles. The summed E-state index contributed by atoms with van der Waals surface area (Å²) in [6.07, 6.45) is 10.6. The summed E-state index contributed by atoms with van der Waals surface area (Å²) >= 11 is 1.01. The number of hydrogen-bond donors (Lipinski definition) is 0. The number of carbonyl (C=O) groups is 3. The van der Waals surface area contributed by atoms with E-state index < -0.39 is 5.92 Å². The van der Waals surface area contributed by atoms with Crippen molar-refractivity contribution in [3.8, 4) is 0 Å². The number of fused-ring (bicyclic) bond motifs is 1. The molecule has 1 unspecified atom stereocenters. The topological polar surface area (TPSA) is 51.2 Å². The first-order valence-electron chi connectivity index (χ1n) is 8.37. The standard InChI is InChI=1S/C17H24O3S/c18-14(16-15(19)10-21-17(16)20)8-6-11-5-7-12-3-1-2-4-13(12)9-11/h11-13,16H,1-10H2/t11-,12+,13+,16?/m0/s1. The largest absolute Gasteiger partial charge is 0.298 e. The highest BCUT2D eigenvalue weighted by Crippen LogP contribution is 2.44. The molecule has 3 fully saturated rings. The summed E-state index contributed by atoms with van der Waals surface area (Å²) in [5, 5.41) is -0.221. The maximum atomic E-state index is 12.1. The number of rotatable bonds is 4. The van der Waals surface area contributed by atoms with E-state index in [1.807, 2.05) is 0 Å². The highest BCUT2D eigenvalue weighted by molar-refractivity contribution is 8.15. The van der Waals surface area contributed by atoms with Gasteiger partial charge in [0, 0.05) is 6.42 Å². The highest BCUT2D eigenvalue weighted by Gasteiger charge is 2.39. The average Bonchev–Trinajstić information content (AvgIpc) is 2.84. The number of thioether (sulfide) groups is 1. The summed E-state index contributed by atoms with van der Waals surface area (Å²) in [6, 6.07) is 0. The van der Waals surface area contributed by atoms with Gasteiger partial charge in [-0.05, 0) is 37.0 Å². The van der Waals surface area contributed by atoms with Gasteiger partial charge in [0.25, 0.3) is 0 Å². The molecule has 2 aliphatic carbocycles. The molecule has 1 heterocycles. The molecule has 1 aliphatic heterocycles. The van der Waals surface area contributed by atoms with Crippen LogP contribution in [0.15, 0.2) is 0 Å². The summed E-state index contributed by atoms with van der Waals surface area (Å²) in [7, 11) is 0. The lowest BCUT2D eigenvalue weighted by atomic mass is 9.66. The van der Waals surface area contributed by atoms with E-state index in [9.17, 15) is 14.4 Å². The van der Waals surface area contributed by atoms with Crippen LogP contribution in [0.5, 0.6) is 0 Å². The van der Waals surface area contributed by atoms with Crippen molar-refractivity contribution in [1.29, 1.82) is 0 Å². The van der Waals surface area contributed by atoms with Gasteiger partial charge in [0.05, 0.1) is 5.75 Å². The first kappa shape index (κ1) is 15.3. The number of ketones is 2. The number of carbonyl (C=O) groups excluding carboxylic acids is 3. The lowest BCUT2D eigenvalue weighted by Crippen LogP contribution is -2.29. The van der Waals surface area contributed by atoms with E-state index in [1.54, 1.807) is 0 Å². The van der Waals surface area contributed by atoms with Gasteiger partial charge in [-0.1, -0.05) is 43.9 Å². The van der Waals surface area contributed by atoms with Crippen molar-refractivity contribution in [3.63, 3.8) is 0 Å². The van der Waals surface area contributed by atoms with E-state index in [2.05, 4.69) is 0 Å². The van der Waals surface area contributed by atoms with Crippen LogP contribution in [-0.4, -0.2) is 22.4 Å². The predicted molar refractivity (Wildman–Crippen MR) is 83.0 cm³/mol.